The van der Waals surface area contributed by atoms with E-state index in [2.05, 4.69) is 5.32 Å². The first-order valence-electron chi connectivity index (χ1n) is 11.6. The number of anilines is 1. The molecule has 0 aliphatic heterocycles. The van der Waals surface area contributed by atoms with E-state index in [0.717, 1.165) is 0 Å². The molecule has 1 N–H and O–H groups in total. The van der Waals surface area contributed by atoms with Crippen LogP contribution in [0, 0.1) is 5.82 Å². The van der Waals surface area contributed by atoms with Gasteiger partial charge in [0.15, 0.2) is 16.9 Å². The highest BCUT2D eigenvalue weighted by atomic mass is 31.2. The van der Waals surface area contributed by atoms with Crippen LogP contribution in [0.5, 0.6) is 11.5 Å². The summed E-state index contributed by atoms with van der Waals surface area (Å²) < 4.78 is 62.1. The Balaban J connectivity index is 2.02. The zero-order valence-corrected chi connectivity index (χ0v) is 22.3. The largest absolute Gasteiger partial charge is 0.495 e. The van der Waals surface area contributed by atoms with Crippen LogP contribution in [-0.4, -0.2) is 26.4 Å². The average Bonchev–Trinajstić information content (AvgIpc) is 3.31. The lowest BCUT2D eigenvalue weighted by atomic mass is 10.1. The van der Waals surface area contributed by atoms with Crippen molar-refractivity contribution in [3.8, 4) is 11.5 Å². The molecule has 0 fully saturated rings. The fourth-order valence-corrected chi connectivity index (χ4v) is 6.40. The Morgan fingerprint density at radius 1 is 0.892 bits per heavy atom. The van der Waals surface area contributed by atoms with Crippen molar-refractivity contribution >= 4 is 35.2 Å². The molecule has 0 radical (unpaired) electrons. The predicted octanol–water partition coefficient (Wildman–Crippen LogP) is 6.85. The number of furan rings is 1. The number of ether oxygens (including phenoxy) is 2. The van der Waals surface area contributed by atoms with Crippen LogP contribution in [-0.2, 0) is 13.6 Å². The summed E-state index contributed by atoms with van der Waals surface area (Å²) in [6.45, 7) is 6.82. The Labute approximate surface area is 213 Å². The van der Waals surface area contributed by atoms with Crippen molar-refractivity contribution in [1.29, 1.82) is 0 Å². The number of hydrogen-bond acceptors (Lipinski definition) is 9. The van der Waals surface area contributed by atoms with Crippen LogP contribution < -0.4 is 20.2 Å². The average molecular weight is 533 g/mol. The Morgan fingerprint density at radius 2 is 1.51 bits per heavy atom. The van der Waals surface area contributed by atoms with Crippen LogP contribution in [0.25, 0.3) is 21.9 Å². The second kappa shape index (κ2) is 10.6. The van der Waals surface area contributed by atoms with E-state index in [9.17, 15) is 13.8 Å². The van der Waals surface area contributed by atoms with Gasteiger partial charge in [-0.2, -0.15) is 0 Å². The lowest BCUT2D eigenvalue weighted by Gasteiger charge is -2.30. The first-order chi connectivity index (χ1) is 17.6. The third kappa shape index (κ3) is 5.09. The van der Waals surface area contributed by atoms with Crippen LogP contribution in [0.4, 0.5) is 10.1 Å². The molecule has 37 heavy (non-hydrogen) atoms. The van der Waals surface area contributed by atoms with E-state index in [1.165, 1.54) is 51.0 Å². The third-order valence-corrected chi connectivity index (χ3v) is 7.92. The molecule has 0 amide bonds. The fourth-order valence-electron chi connectivity index (χ4n) is 4.11. The van der Waals surface area contributed by atoms with Gasteiger partial charge in [-0.05, 0) is 58.0 Å². The highest BCUT2D eigenvalue weighted by molar-refractivity contribution is 7.54. The number of rotatable bonds is 10. The number of fused-ring (bicyclic) bond motifs is 2. The maximum Gasteiger partial charge on any atom is 0.358 e. The lowest BCUT2D eigenvalue weighted by molar-refractivity contribution is 0.138. The minimum Gasteiger partial charge on any atom is -0.495 e. The summed E-state index contributed by atoms with van der Waals surface area (Å²) in [6.07, 6.45) is 1.62. The molecule has 198 valence electrons. The quantitative estimate of drug-likeness (QED) is 0.219. The Bertz CT molecular complexity index is 1500. The maximum atomic E-state index is 14.3. The second-order valence-electron chi connectivity index (χ2n) is 8.86. The van der Waals surface area contributed by atoms with E-state index in [1.807, 2.05) is 0 Å². The van der Waals surface area contributed by atoms with Crippen molar-refractivity contribution in [3.63, 3.8) is 0 Å². The van der Waals surface area contributed by atoms with Crippen molar-refractivity contribution < 1.29 is 36.3 Å². The van der Waals surface area contributed by atoms with Crippen molar-refractivity contribution in [2.75, 3.05) is 19.5 Å². The summed E-state index contributed by atoms with van der Waals surface area (Å²) in [5.41, 5.74) is 0.255. The molecule has 0 saturated heterocycles. The van der Waals surface area contributed by atoms with Gasteiger partial charge in [0.25, 0.3) is 0 Å². The number of methoxy groups -OCH3 is 2. The summed E-state index contributed by atoms with van der Waals surface area (Å²) in [6, 6.07) is 7.04. The molecular formula is C26H29FNO8P. The summed E-state index contributed by atoms with van der Waals surface area (Å²) in [5.74, 6) is -1.34. The van der Waals surface area contributed by atoms with Crippen LogP contribution in [0.15, 0.2) is 56.5 Å². The van der Waals surface area contributed by atoms with Gasteiger partial charge in [0.2, 0.25) is 11.2 Å². The van der Waals surface area contributed by atoms with Crippen molar-refractivity contribution in [3.05, 3.63) is 64.5 Å². The van der Waals surface area contributed by atoms with Gasteiger partial charge in [0.1, 0.15) is 23.2 Å². The van der Waals surface area contributed by atoms with Gasteiger partial charge in [-0.3, -0.25) is 9.36 Å². The molecule has 4 rings (SSSR count). The Morgan fingerprint density at radius 3 is 2.08 bits per heavy atom. The molecule has 0 spiro atoms. The van der Waals surface area contributed by atoms with E-state index in [0.29, 0.717) is 16.7 Å². The van der Waals surface area contributed by atoms with Gasteiger partial charge < -0.3 is 32.7 Å². The molecule has 0 bridgehead atoms. The van der Waals surface area contributed by atoms with Gasteiger partial charge in [0, 0.05) is 5.69 Å². The molecule has 4 aromatic rings. The summed E-state index contributed by atoms with van der Waals surface area (Å²) >= 11 is 0. The first-order valence-corrected chi connectivity index (χ1v) is 13.3. The summed E-state index contributed by atoms with van der Waals surface area (Å²) in [5, 5.41) is 3.61. The van der Waals surface area contributed by atoms with E-state index in [-0.39, 0.29) is 28.0 Å². The Kier molecular flexibility index (Phi) is 7.64. The first kappa shape index (κ1) is 26.7. The van der Waals surface area contributed by atoms with Crippen LogP contribution in [0.3, 0.4) is 0 Å². The number of benzene rings is 2. The van der Waals surface area contributed by atoms with Crippen LogP contribution in [0.1, 0.15) is 39.0 Å². The summed E-state index contributed by atoms with van der Waals surface area (Å²) in [4.78, 5) is 14.1. The van der Waals surface area contributed by atoms with Crippen LogP contribution >= 0.6 is 7.60 Å². The zero-order valence-electron chi connectivity index (χ0n) is 21.4. The van der Waals surface area contributed by atoms with Crippen LogP contribution in [0.2, 0.25) is 0 Å². The molecule has 0 aliphatic rings. The molecule has 1 unspecified atom stereocenters. The lowest BCUT2D eigenvalue weighted by Crippen LogP contribution is -2.24. The molecule has 9 nitrogen and oxygen atoms in total. The minimum atomic E-state index is -4.08. The normalized spacial score (nSPS) is 13.0. The minimum absolute atomic E-state index is 0.0374. The molecule has 0 aliphatic carbocycles. The Hall–Kier alpha value is -3.33. The highest BCUT2D eigenvalue weighted by Gasteiger charge is 2.42. The van der Waals surface area contributed by atoms with E-state index in [4.69, 9.17) is 27.4 Å². The van der Waals surface area contributed by atoms with E-state index < -0.39 is 36.8 Å². The predicted molar refractivity (Wildman–Crippen MR) is 138 cm³/mol. The van der Waals surface area contributed by atoms with Gasteiger partial charge >= 0.3 is 7.60 Å². The smallest absolute Gasteiger partial charge is 0.358 e. The zero-order chi connectivity index (χ0) is 26.9. The van der Waals surface area contributed by atoms with Gasteiger partial charge in [-0.1, -0.05) is 0 Å². The molecular weight excluding hydrogens is 504 g/mol. The molecule has 2 aromatic carbocycles. The fraction of sp³-hybridized carbons (Fsp3) is 0.346. The summed E-state index contributed by atoms with van der Waals surface area (Å²) in [7, 11) is -1.23. The highest BCUT2D eigenvalue weighted by Crippen LogP contribution is 2.62. The third-order valence-electron chi connectivity index (χ3n) is 5.45. The van der Waals surface area contributed by atoms with Crippen molar-refractivity contribution in [2.45, 2.75) is 45.7 Å². The molecule has 2 heterocycles. The van der Waals surface area contributed by atoms with Crippen molar-refractivity contribution in [2.24, 2.45) is 0 Å². The number of nitrogens with one attached hydrogen (secondary N) is 1. The number of halogens is 1. The topological polar surface area (TPSA) is 109 Å². The second-order valence-corrected chi connectivity index (χ2v) is 10.9. The van der Waals surface area contributed by atoms with Gasteiger partial charge in [0.05, 0.1) is 43.6 Å². The molecule has 2 aromatic heterocycles. The molecule has 1 atom stereocenters. The number of hydrogen-bond donors (Lipinski definition) is 1. The van der Waals surface area contributed by atoms with Gasteiger partial charge in [-0.15, -0.1) is 0 Å². The van der Waals surface area contributed by atoms with E-state index in [1.54, 1.807) is 33.8 Å². The van der Waals surface area contributed by atoms with E-state index >= 15 is 0 Å². The monoisotopic (exact) mass is 533 g/mol. The SMILES string of the molecule is COc1c2occc2c(OC)c2c(=O)c(C(Nc3ccc(F)cc3)P(=O)(OC(C)C)OC(C)C)coc12. The molecule has 0 saturated carbocycles. The van der Waals surface area contributed by atoms with Gasteiger partial charge in [-0.25, -0.2) is 4.39 Å². The maximum absolute atomic E-state index is 14.3. The molecule has 11 heteroatoms. The standard InChI is InChI=1S/C26H29FNO8P/c1-14(2)35-37(30,36-15(3)4)26(28-17-9-7-16(27)8-10-17)19-13-34-24-20(21(19)29)22(31-5)18-11-12-33-23(18)25(24)32-6/h7-15,26,28H,1-6H3. The van der Waals surface area contributed by atoms with Crippen molar-refractivity contribution in [1.82, 2.24) is 0 Å².